The number of aliphatic carboxylic acids is 1. The second kappa shape index (κ2) is 11.3. The number of carboxylic acids is 1. The van der Waals surface area contributed by atoms with Gasteiger partial charge in [-0.25, -0.2) is 18.7 Å². The number of carbonyl (C=O) groups is 1. The van der Waals surface area contributed by atoms with Crippen molar-refractivity contribution in [2.24, 2.45) is 17.8 Å². The second-order valence-electron chi connectivity index (χ2n) is 12.3. The quantitative estimate of drug-likeness (QED) is 0.199. The molecule has 3 saturated carbocycles. The number of aliphatic hydroxyl groups excluding tert-OH is 1. The zero-order chi connectivity index (χ0) is 29.7. The maximum absolute atomic E-state index is 14.5. The van der Waals surface area contributed by atoms with E-state index in [4.69, 9.17) is 9.97 Å². The average Bonchev–Trinajstić information content (AvgIpc) is 3.46. The van der Waals surface area contributed by atoms with Gasteiger partial charge < -0.3 is 20.5 Å². The number of piperidine rings is 1. The second-order valence-corrected chi connectivity index (χ2v) is 12.3. The Morgan fingerprint density at radius 1 is 0.977 bits per heavy atom. The number of rotatable bonds is 7. The summed E-state index contributed by atoms with van der Waals surface area (Å²) in [6, 6.07) is 11.2. The highest BCUT2D eigenvalue weighted by Crippen LogP contribution is 2.46. The molecule has 10 heteroatoms. The van der Waals surface area contributed by atoms with E-state index in [9.17, 15) is 23.8 Å². The summed E-state index contributed by atoms with van der Waals surface area (Å²) in [6.45, 7) is 1.72. The number of nitrogens with one attached hydrogen (secondary N) is 2. The van der Waals surface area contributed by atoms with E-state index >= 15 is 0 Å². The van der Waals surface area contributed by atoms with Crippen molar-refractivity contribution in [1.29, 1.82) is 0 Å². The minimum atomic E-state index is -0.799. The maximum Gasteiger partial charge on any atom is 0.308 e. The van der Waals surface area contributed by atoms with Gasteiger partial charge in [-0.15, -0.1) is 0 Å². The molecule has 4 fully saturated rings. The number of benzene rings is 2. The minimum absolute atomic E-state index is 0.124. The highest BCUT2D eigenvalue weighted by molar-refractivity contribution is 5.94. The first-order valence-corrected chi connectivity index (χ1v) is 15.2. The molecule has 2 bridgehead atoms. The van der Waals surface area contributed by atoms with E-state index in [1.165, 1.54) is 12.5 Å². The highest BCUT2D eigenvalue weighted by atomic mass is 19.1. The molecule has 3 heterocycles. The maximum atomic E-state index is 14.5. The van der Waals surface area contributed by atoms with Crippen LogP contribution in [0.15, 0.2) is 48.7 Å². The minimum Gasteiger partial charge on any atom is -0.481 e. The summed E-state index contributed by atoms with van der Waals surface area (Å²) < 4.78 is 28.8. The Labute approximate surface area is 248 Å². The number of aliphatic hydroxyl groups is 1. The number of hydrogen-bond donors (Lipinski definition) is 4. The van der Waals surface area contributed by atoms with E-state index in [0.717, 1.165) is 68.8 Å². The molecule has 3 atom stereocenters. The first kappa shape index (κ1) is 27.9. The number of H-pyrrole nitrogens is 1. The van der Waals surface area contributed by atoms with Crippen LogP contribution in [0.5, 0.6) is 0 Å². The highest BCUT2D eigenvalue weighted by Gasteiger charge is 2.47. The van der Waals surface area contributed by atoms with Crippen LogP contribution in [-0.2, 0) is 4.79 Å². The van der Waals surface area contributed by atoms with Gasteiger partial charge in [0.05, 0.1) is 17.1 Å². The van der Waals surface area contributed by atoms with Gasteiger partial charge in [-0.2, -0.15) is 0 Å². The third-order valence-electron chi connectivity index (χ3n) is 9.73. The lowest BCUT2D eigenvalue weighted by molar-refractivity contribution is -0.148. The number of likely N-dealkylation sites (tertiary alicyclic amines) is 1. The monoisotopic (exact) mass is 587 g/mol. The van der Waals surface area contributed by atoms with E-state index < -0.39 is 29.7 Å². The molecule has 8 nitrogen and oxygen atoms in total. The fourth-order valence-corrected chi connectivity index (χ4v) is 7.51. The molecule has 0 amide bonds. The van der Waals surface area contributed by atoms with Crippen LogP contribution in [-0.4, -0.2) is 55.2 Å². The molecule has 0 radical (unpaired) electrons. The van der Waals surface area contributed by atoms with Gasteiger partial charge in [0, 0.05) is 54.0 Å². The molecule has 4 N–H and O–H groups in total. The summed E-state index contributed by atoms with van der Waals surface area (Å²) in [5, 5.41) is 24.8. The third-order valence-corrected chi connectivity index (χ3v) is 9.73. The first-order chi connectivity index (χ1) is 20.9. The van der Waals surface area contributed by atoms with E-state index in [0.29, 0.717) is 22.5 Å². The molecule has 0 spiro atoms. The van der Waals surface area contributed by atoms with Gasteiger partial charge in [0.15, 0.2) is 5.82 Å². The van der Waals surface area contributed by atoms with Gasteiger partial charge in [-0.1, -0.05) is 30.7 Å². The van der Waals surface area contributed by atoms with Crippen LogP contribution in [0.4, 0.5) is 14.6 Å². The summed E-state index contributed by atoms with van der Waals surface area (Å²) >= 11 is 0. The number of fused-ring (bicyclic) bond motifs is 4. The van der Waals surface area contributed by atoms with Gasteiger partial charge in [0.1, 0.15) is 23.7 Å². The zero-order valence-electron chi connectivity index (χ0n) is 23.8. The van der Waals surface area contributed by atoms with Crippen molar-refractivity contribution in [3.05, 3.63) is 65.9 Å². The number of aromatic nitrogens is 3. The number of hydrogen-bond acceptors (Lipinski definition) is 6. The lowest BCUT2D eigenvalue weighted by atomic mass is 9.61. The Hall–Kier alpha value is -3.89. The van der Waals surface area contributed by atoms with Crippen LogP contribution >= 0.6 is 0 Å². The number of nitrogens with zero attached hydrogens (tertiary/aromatic N) is 3. The summed E-state index contributed by atoms with van der Waals surface area (Å²) in [5.41, 5.74) is 2.74. The lowest BCUT2D eigenvalue weighted by Crippen LogP contribution is -2.51. The molecule has 4 aromatic rings. The van der Waals surface area contributed by atoms with Crippen LogP contribution in [0, 0.1) is 29.4 Å². The van der Waals surface area contributed by atoms with Crippen molar-refractivity contribution in [2.45, 2.75) is 57.2 Å². The molecule has 2 aromatic heterocycles. The Morgan fingerprint density at radius 2 is 1.70 bits per heavy atom. The van der Waals surface area contributed by atoms with Crippen LogP contribution in [0.2, 0.25) is 0 Å². The van der Waals surface area contributed by atoms with E-state index in [2.05, 4.69) is 15.2 Å². The number of halogens is 2. The normalized spacial score (nSPS) is 24.7. The predicted octanol–water partition coefficient (Wildman–Crippen LogP) is 6.35. The summed E-state index contributed by atoms with van der Waals surface area (Å²) in [7, 11) is 0. The summed E-state index contributed by atoms with van der Waals surface area (Å²) in [5.74, 6) is -1.65. The standard InChI is InChI=1S/C33H35F2N5O3/c34-22-14-23-24(17-36-30(23)25(35)15-22)31-37-26(18-4-10-21(11-5-18)32(41)40-12-2-1-3-13-40)16-27(39-31)38-29-20-8-6-19(7-9-20)28(29)33(42)43/h4-5,10-11,14-17,19-20,28-29,32,36,41H,1-3,6-9,12-13H2,(H,42,43)(H,37,38,39)/t19?,20?,28-,29-,32?/m0/s1. The van der Waals surface area contributed by atoms with Crippen molar-refractivity contribution < 1.29 is 23.8 Å². The van der Waals surface area contributed by atoms with Crippen LogP contribution in [0.3, 0.4) is 0 Å². The van der Waals surface area contributed by atoms with Crippen molar-refractivity contribution in [3.8, 4) is 22.6 Å². The van der Waals surface area contributed by atoms with Crippen molar-refractivity contribution >= 4 is 22.7 Å². The Bertz CT molecular complexity index is 1640. The van der Waals surface area contributed by atoms with Gasteiger partial charge >= 0.3 is 5.97 Å². The molecule has 2 aromatic carbocycles. The zero-order valence-corrected chi connectivity index (χ0v) is 23.8. The largest absolute Gasteiger partial charge is 0.481 e. The molecular formula is C33H35F2N5O3. The van der Waals surface area contributed by atoms with Crippen molar-refractivity contribution in [3.63, 3.8) is 0 Å². The molecular weight excluding hydrogens is 552 g/mol. The number of anilines is 1. The summed E-state index contributed by atoms with van der Waals surface area (Å²) in [6.07, 6.45) is 7.99. The molecule has 4 aliphatic rings. The van der Waals surface area contributed by atoms with Crippen molar-refractivity contribution in [2.75, 3.05) is 18.4 Å². The first-order valence-electron chi connectivity index (χ1n) is 15.2. The van der Waals surface area contributed by atoms with Crippen LogP contribution < -0.4 is 5.32 Å². The molecule has 43 heavy (non-hydrogen) atoms. The predicted molar refractivity (Wildman–Crippen MR) is 159 cm³/mol. The number of carboxylic acid groups (broad SMARTS) is 1. The summed E-state index contributed by atoms with van der Waals surface area (Å²) in [4.78, 5) is 26.9. The van der Waals surface area contributed by atoms with E-state index in [1.54, 1.807) is 12.3 Å². The van der Waals surface area contributed by atoms with Crippen LogP contribution in [0.25, 0.3) is 33.5 Å². The average molecular weight is 588 g/mol. The Morgan fingerprint density at radius 3 is 2.42 bits per heavy atom. The van der Waals surface area contributed by atoms with Gasteiger partial charge in [-0.05, 0) is 62.0 Å². The van der Waals surface area contributed by atoms with E-state index in [1.807, 2.05) is 24.3 Å². The molecule has 3 aliphatic carbocycles. The molecule has 8 rings (SSSR count). The number of aromatic amines is 1. The Balaban J connectivity index is 1.28. The lowest BCUT2D eigenvalue weighted by Gasteiger charge is -2.47. The third kappa shape index (κ3) is 5.27. The van der Waals surface area contributed by atoms with E-state index in [-0.39, 0.29) is 29.2 Å². The fourth-order valence-electron chi connectivity index (χ4n) is 7.51. The van der Waals surface area contributed by atoms with Crippen LogP contribution in [0.1, 0.15) is 56.7 Å². The van der Waals surface area contributed by atoms with Crippen molar-refractivity contribution in [1.82, 2.24) is 19.9 Å². The Kier molecular flexibility index (Phi) is 7.34. The van der Waals surface area contributed by atoms with Gasteiger partial charge in [-0.3, -0.25) is 9.69 Å². The van der Waals surface area contributed by atoms with Gasteiger partial charge in [0.2, 0.25) is 0 Å². The fraction of sp³-hybridized carbons (Fsp3) is 0.424. The molecule has 1 saturated heterocycles. The molecule has 224 valence electrons. The molecule has 1 unspecified atom stereocenters. The SMILES string of the molecule is O=C(O)[C@H]1C2CCC(CC2)[C@@H]1Nc1cc(-c2ccc(C(O)N3CCCCC3)cc2)nc(-c2c[nH]c3c(F)cc(F)cc23)n1. The smallest absolute Gasteiger partial charge is 0.308 e. The van der Waals surface area contributed by atoms with Gasteiger partial charge in [0.25, 0.3) is 0 Å². The topological polar surface area (TPSA) is 114 Å². The molecule has 1 aliphatic heterocycles.